The third-order valence-electron chi connectivity index (χ3n) is 7.45. The minimum absolute atomic E-state index is 0.0974. The summed E-state index contributed by atoms with van der Waals surface area (Å²) in [5.41, 5.74) is 0.816. The van der Waals surface area contributed by atoms with Crippen molar-refractivity contribution in [3.8, 4) is 23.0 Å². The van der Waals surface area contributed by atoms with E-state index in [9.17, 15) is 18.0 Å². The molecule has 0 atom stereocenters. The van der Waals surface area contributed by atoms with Gasteiger partial charge in [0.1, 0.15) is 11.1 Å². The molecule has 226 valence electrons. The minimum atomic E-state index is -4.60. The summed E-state index contributed by atoms with van der Waals surface area (Å²) in [7, 11) is 3.74. The van der Waals surface area contributed by atoms with Gasteiger partial charge in [0, 0.05) is 75.0 Å². The molecule has 44 heavy (non-hydrogen) atoms. The summed E-state index contributed by atoms with van der Waals surface area (Å²) in [5, 5.41) is 7.53. The van der Waals surface area contributed by atoms with Crippen molar-refractivity contribution >= 4 is 22.6 Å². The second-order valence-corrected chi connectivity index (χ2v) is 10.6. The molecule has 1 aliphatic rings. The van der Waals surface area contributed by atoms with Gasteiger partial charge in [-0.15, -0.1) is 0 Å². The predicted octanol–water partition coefficient (Wildman–Crippen LogP) is 5.24. The Labute approximate surface area is 251 Å². The molecule has 6 rings (SSSR count). The van der Waals surface area contributed by atoms with Gasteiger partial charge in [-0.2, -0.15) is 23.3 Å². The van der Waals surface area contributed by atoms with E-state index >= 15 is 0 Å². The molecule has 5 aromatic rings. The number of aromatic nitrogens is 5. The Bertz CT molecular complexity index is 1800. The maximum absolute atomic E-state index is 14.0. The van der Waals surface area contributed by atoms with Crippen LogP contribution in [0.5, 0.6) is 11.6 Å². The number of aryl methyl sites for hydroxylation is 1. The van der Waals surface area contributed by atoms with Gasteiger partial charge < -0.3 is 15.0 Å². The van der Waals surface area contributed by atoms with E-state index in [0.29, 0.717) is 46.9 Å². The molecule has 0 unspecified atom stereocenters. The number of carbonyl (C=O) groups is 1. The van der Waals surface area contributed by atoms with E-state index < -0.39 is 17.6 Å². The molecule has 1 fully saturated rings. The highest BCUT2D eigenvalue weighted by atomic mass is 19.4. The molecule has 0 radical (unpaired) electrons. The zero-order valence-electron chi connectivity index (χ0n) is 24.0. The molecule has 10 nitrogen and oxygen atoms in total. The molecule has 13 heteroatoms. The lowest BCUT2D eigenvalue weighted by Crippen LogP contribution is -2.44. The average Bonchev–Trinajstić information content (AvgIpc) is 3.39. The van der Waals surface area contributed by atoms with Crippen molar-refractivity contribution in [1.29, 1.82) is 0 Å². The lowest BCUT2D eigenvalue weighted by atomic mass is 10.0. The second-order valence-electron chi connectivity index (χ2n) is 10.6. The van der Waals surface area contributed by atoms with Crippen LogP contribution in [0.15, 0.2) is 73.2 Å². The molecule has 4 heterocycles. The molecule has 1 N–H and O–H groups in total. The van der Waals surface area contributed by atoms with E-state index in [-0.39, 0.29) is 23.6 Å². The first-order valence-corrected chi connectivity index (χ1v) is 13.9. The lowest BCUT2D eigenvalue weighted by Gasteiger charge is -2.33. The fourth-order valence-corrected chi connectivity index (χ4v) is 5.02. The number of carbonyl (C=O) groups excluding carboxylic acids is 1. The largest absolute Gasteiger partial charge is 0.438 e. The van der Waals surface area contributed by atoms with Gasteiger partial charge in [0.15, 0.2) is 11.5 Å². The van der Waals surface area contributed by atoms with Crippen LogP contribution in [-0.4, -0.2) is 73.7 Å². The van der Waals surface area contributed by atoms with Gasteiger partial charge in [-0.25, -0.2) is 4.98 Å². The van der Waals surface area contributed by atoms with Crippen LogP contribution in [0.3, 0.4) is 0 Å². The van der Waals surface area contributed by atoms with Gasteiger partial charge in [0.2, 0.25) is 5.88 Å². The number of nitrogens with one attached hydrogen (secondary N) is 1. The number of likely N-dealkylation sites (N-methyl/N-ethyl adjacent to an activating group) is 1. The number of benzene rings is 2. The predicted molar refractivity (Wildman–Crippen MR) is 158 cm³/mol. The molecular formula is C31H29F3N8O2. The first-order chi connectivity index (χ1) is 21.1. The van der Waals surface area contributed by atoms with Crippen molar-refractivity contribution in [3.05, 3.63) is 89.9 Å². The van der Waals surface area contributed by atoms with Crippen LogP contribution in [0.2, 0.25) is 0 Å². The molecule has 1 saturated heterocycles. The third kappa shape index (κ3) is 6.38. The fraction of sp³-hybridized carbons (Fsp3) is 0.258. The molecule has 0 spiro atoms. The first kappa shape index (κ1) is 29.2. The number of anilines is 1. The Morgan fingerprint density at radius 1 is 0.977 bits per heavy atom. The number of pyridine rings is 1. The summed E-state index contributed by atoms with van der Waals surface area (Å²) in [6, 6.07) is 13.9. The Morgan fingerprint density at radius 2 is 1.80 bits per heavy atom. The van der Waals surface area contributed by atoms with Crippen LogP contribution in [-0.2, 0) is 19.8 Å². The van der Waals surface area contributed by atoms with E-state index in [1.165, 1.54) is 12.1 Å². The molecule has 0 bridgehead atoms. The van der Waals surface area contributed by atoms with Gasteiger partial charge in [0.05, 0.1) is 11.8 Å². The van der Waals surface area contributed by atoms with E-state index in [0.717, 1.165) is 19.2 Å². The molecule has 2 aromatic carbocycles. The number of piperazine rings is 1. The van der Waals surface area contributed by atoms with E-state index in [1.807, 2.05) is 18.0 Å². The number of nitrogens with zero attached hydrogens (tertiary/aromatic N) is 7. The maximum Gasteiger partial charge on any atom is 0.416 e. The number of hydrogen-bond acceptors (Lipinski definition) is 8. The molecule has 3 aromatic heterocycles. The van der Waals surface area contributed by atoms with Gasteiger partial charge in [-0.05, 0) is 49.0 Å². The van der Waals surface area contributed by atoms with Crippen LogP contribution in [0, 0.1) is 0 Å². The molecule has 0 saturated carbocycles. The third-order valence-corrected chi connectivity index (χ3v) is 7.45. The molecule has 0 aliphatic carbocycles. The number of fused-ring (bicyclic) bond motifs is 1. The standard InChI is InChI=1S/C31H29F3N8O2/c1-40-11-13-42(14-12-40)19-22-9-8-20(15-26(22)31(32,33)34)29(43)37-23-6-3-7-24(16-23)44-30-25-18-36-41(2)28(25)38-27(39-30)21-5-4-10-35-17-21/h3-10,15-18H,11-14,19H2,1-2H3,(H,37,43). The summed E-state index contributed by atoms with van der Waals surface area (Å²) in [6.45, 7) is 3.11. The summed E-state index contributed by atoms with van der Waals surface area (Å²) in [4.78, 5) is 30.5. The zero-order chi connectivity index (χ0) is 30.8. The van der Waals surface area contributed by atoms with E-state index in [4.69, 9.17) is 4.74 Å². The van der Waals surface area contributed by atoms with E-state index in [2.05, 4.69) is 30.3 Å². The number of ether oxygens (including phenoxy) is 1. The number of amides is 1. The van der Waals surface area contributed by atoms with Crippen LogP contribution in [0.1, 0.15) is 21.5 Å². The molecular weight excluding hydrogens is 573 g/mol. The van der Waals surface area contributed by atoms with Crippen molar-refractivity contribution in [2.75, 3.05) is 38.5 Å². The Morgan fingerprint density at radius 3 is 2.55 bits per heavy atom. The Balaban J connectivity index is 1.22. The smallest absolute Gasteiger partial charge is 0.416 e. The topological polar surface area (TPSA) is 101 Å². The summed E-state index contributed by atoms with van der Waals surface area (Å²) < 4.78 is 49.9. The molecule has 1 aliphatic heterocycles. The average molecular weight is 603 g/mol. The van der Waals surface area contributed by atoms with Crippen molar-refractivity contribution in [1.82, 2.24) is 34.5 Å². The Kier molecular flexibility index (Phi) is 7.97. The number of alkyl halides is 3. The van der Waals surface area contributed by atoms with Crippen molar-refractivity contribution in [2.24, 2.45) is 7.05 Å². The highest BCUT2D eigenvalue weighted by Gasteiger charge is 2.34. The van der Waals surface area contributed by atoms with E-state index in [1.54, 1.807) is 60.7 Å². The second kappa shape index (κ2) is 12.0. The van der Waals surface area contributed by atoms with Crippen LogP contribution >= 0.6 is 0 Å². The van der Waals surface area contributed by atoms with Crippen LogP contribution < -0.4 is 10.1 Å². The van der Waals surface area contributed by atoms with Gasteiger partial charge in [-0.3, -0.25) is 19.4 Å². The summed E-state index contributed by atoms with van der Waals surface area (Å²) >= 11 is 0. The monoisotopic (exact) mass is 602 g/mol. The summed E-state index contributed by atoms with van der Waals surface area (Å²) in [6.07, 6.45) is 0.279. The van der Waals surface area contributed by atoms with Gasteiger partial charge >= 0.3 is 6.18 Å². The quantitative estimate of drug-likeness (QED) is 0.270. The Hall–Kier alpha value is -4.88. The van der Waals surface area contributed by atoms with Crippen LogP contribution in [0.4, 0.5) is 18.9 Å². The van der Waals surface area contributed by atoms with Crippen molar-refractivity contribution in [2.45, 2.75) is 12.7 Å². The number of hydrogen-bond donors (Lipinski definition) is 1. The van der Waals surface area contributed by atoms with Gasteiger partial charge in [-0.1, -0.05) is 12.1 Å². The normalized spacial score (nSPS) is 14.6. The number of rotatable bonds is 7. The molecule has 1 amide bonds. The fourth-order valence-electron chi connectivity index (χ4n) is 5.02. The lowest BCUT2D eigenvalue weighted by molar-refractivity contribution is -0.138. The maximum atomic E-state index is 14.0. The number of halogens is 3. The van der Waals surface area contributed by atoms with Gasteiger partial charge in [0.25, 0.3) is 5.91 Å². The SMILES string of the molecule is CN1CCN(Cc2ccc(C(=O)Nc3cccc(Oc4nc(-c5cccnc5)nc5c4cnn5C)c3)cc2C(F)(F)F)CC1. The highest BCUT2D eigenvalue weighted by molar-refractivity contribution is 6.04. The zero-order valence-corrected chi connectivity index (χ0v) is 24.0. The van der Waals surface area contributed by atoms with Crippen LogP contribution in [0.25, 0.3) is 22.4 Å². The minimum Gasteiger partial charge on any atom is -0.438 e. The van der Waals surface area contributed by atoms with Crippen molar-refractivity contribution in [3.63, 3.8) is 0 Å². The highest BCUT2D eigenvalue weighted by Crippen LogP contribution is 2.34. The first-order valence-electron chi connectivity index (χ1n) is 13.9. The van der Waals surface area contributed by atoms with Crippen molar-refractivity contribution < 1.29 is 22.7 Å². The summed E-state index contributed by atoms with van der Waals surface area (Å²) in [5.74, 6) is 0.318.